The fourth-order valence-corrected chi connectivity index (χ4v) is 2.45. The van der Waals surface area contributed by atoms with E-state index in [1.165, 1.54) is 0 Å². The number of nitrogens with two attached hydrogens (primary N) is 1. The molecule has 1 aromatic heterocycles. The van der Waals surface area contributed by atoms with E-state index in [0.717, 1.165) is 22.7 Å². The van der Waals surface area contributed by atoms with Gasteiger partial charge in [0.05, 0.1) is 10.7 Å². The van der Waals surface area contributed by atoms with Crippen LogP contribution in [-0.4, -0.2) is 11.6 Å². The molecular formula is C14H16N2OS. The second kappa shape index (κ2) is 5.69. The van der Waals surface area contributed by atoms with Crippen molar-refractivity contribution in [3.05, 3.63) is 52.5 Å². The summed E-state index contributed by atoms with van der Waals surface area (Å²) in [6, 6.07) is 5.86. The van der Waals surface area contributed by atoms with Gasteiger partial charge in [-0.25, -0.2) is 4.98 Å². The smallest absolute Gasteiger partial charge is 0.142 e. The molecule has 0 atom stereocenters. The molecule has 3 nitrogen and oxygen atoms in total. The van der Waals surface area contributed by atoms with Gasteiger partial charge < -0.3 is 10.5 Å². The largest absolute Gasteiger partial charge is 0.487 e. The SMILES string of the molecule is C=CCOc1ccc(Cc2nc(C)cs2)cc1N. The summed E-state index contributed by atoms with van der Waals surface area (Å²) in [7, 11) is 0. The maximum absolute atomic E-state index is 5.94. The Kier molecular flexibility index (Phi) is 3.99. The molecule has 18 heavy (non-hydrogen) atoms. The van der Waals surface area contributed by atoms with Crippen LogP contribution in [0.1, 0.15) is 16.3 Å². The number of aromatic nitrogens is 1. The zero-order chi connectivity index (χ0) is 13.0. The Morgan fingerprint density at radius 2 is 2.33 bits per heavy atom. The Hall–Kier alpha value is -1.81. The molecular weight excluding hydrogens is 244 g/mol. The molecule has 0 unspecified atom stereocenters. The first-order chi connectivity index (χ1) is 8.69. The number of hydrogen-bond donors (Lipinski definition) is 1. The van der Waals surface area contributed by atoms with E-state index >= 15 is 0 Å². The summed E-state index contributed by atoms with van der Waals surface area (Å²) in [5, 5.41) is 3.16. The zero-order valence-electron chi connectivity index (χ0n) is 10.3. The fourth-order valence-electron chi connectivity index (χ4n) is 1.65. The fraction of sp³-hybridized carbons (Fsp3) is 0.214. The lowest BCUT2D eigenvalue weighted by molar-refractivity contribution is 0.365. The quantitative estimate of drug-likeness (QED) is 0.663. The number of ether oxygens (including phenoxy) is 1. The van der Waals surface area contributed by atoms with E-state index in [-0.39, 0.29) is 0 Å². The van der Waals surface area contributed by atoms with Gasteiger partial charge in [0.2, 0.25) is 0 Å². The molecule has 4 heteroatoms. The molecule has 0 amide bonds. The van der Waals surface area contributed by atoms with Crippen molar-refractivity contribution in [2.24, 2.45) is 0 Å². The molecule has 0 bridgehead atoms. The molecule has 0 aliphatic rings. The summed E-state index contributed by atoms with van der Waals surface area (Å²) >= 11 is 1.67. The third-order valence-corrected chi connectivity index (χ3v) is 3.42. The molecule has 0 spiro atoms. The number of thiazole rings is 1. The van der Waals surface area contributed by atoms with Crippen LogP contribution in [0.4, 0.5) is 5.69 Å². The molecule has 0 radical (unpaired) electrons. The minimum atomic E-state index is 0.467. The average molecular weight is 260 g/mol. The van der Waals surface area contributed by atoms with Crippen molar-refractivity contribution in [3.8, 4) is 5.75 Å². The number of nitrogen functional groups attached to an aromatic ring is 1. The van der Waals surface area contributed by atoms with Crippen LogP contribution >= 0.6 is 11.3 Å². The highest BCUT2D eigenvalue weighted by Gasteiger charge is 2.04. The molecule has 0 fully saturated rings. The van der Waals surface area contributed by atoms with Gasteiger partial charge in [-0.15, -0.1) is 11.3 Å². The second-order valence-electron chi connectivity index (χ2n) is 4.03. The molecule has 2 N–H and O–H groups in total. The van der Waals surface area contributed by atoms with Crippen molar-refractivity contribution in [1.29, 1.82) is 0 Å². The van der Waals surface area contributed by atoms with Crippen molar-refractivity contribution in [1.82, 2.24) is 4.98 Å². The van der Waals surface area contributed by atoms with Crippen LogP contribution in [0.2, 0.25) is 0 Å². The summed E-state index contributed by atoms with van der Waals surface area (Å²) < 4.78 is 5.44. The predicted octanol–water partition coefficient (Wildman–Crippen LogP) is 3.19. The highest BCUT2D eigenvalue weighted by Crippen LogP contribution is 2.24. The van der Waals surface area contributed by atoms with Crippen LogP contribution in [-0.2, 0) is 6.42 Å². The molecule has 1 aromatic carbocycles. The van der Waals surface area contributed by atoms with E-state index in [1.807, 2.05) is 25.1 Å². The van der Waals surface area contributed by atoms with Gasteiger partial charge in [0.25, 0.3) is 0 Å². The highest BCUT2D eigenvalue weighted by atomic mass is 32.1. The van der Waals surface area contributed by atoms with E-state index in [1.54, 1.807) is 17.4 Å². The third kappa shape index (κ3) is 3.11. The topological polar surface area (TPSA) is 48.1 Å². The van der Waals surface area contributed by atoms with E-state index in [9.17, 15) is 0 Å². The van der Waals surface area contributed by atoms with Crippen LogP contribution in [0, 0.1) is 6.92 Å². The van der Waals surface area contributed by atoms with Gasteiger partial charge >= 0.3 is 0 Å². The van der Waals surface area contributed by atoms with E-state index < -0.39 is 0 Å². The maximum Gasteiger partial charge on any atom is 0.142 e. The minimum absolute atomic E-state index is 0.467. The van der Waals surface area contributed by atoms with Crippen LogP contribution in [0.5, 0.6) is 5.75 Å². The molecule has 0 saturated carbocycles. The van der Waals surface area contributed by atoms with Crippen LogP contribution in [0.15, 0.2) is 36.2 Å². The monoisotopic (exact) mass is 260 g/mol. The summed E-state index contributed by atoms with van der Waals surface area (Å²) in [5.41, 5.74) is 8.81. The van der Waals surface area contributed by atoms with E-state index in [4.69, 9.17) is 10.5 Å². The maximum atomic E-state index is 5.94. The van der Waals surface area contributed by atoms with Gasteiger partial charge in [-0.05, 0) is 24.6 Å². The van der Waals surface area contributed by atoms with Crippen molar-refractivity contribution in [2.45, 2.75) is 13.3 Å². The first-order valence-corrected chi connectivity index (χ1v) is 6.60. The number of anilines is 1. The molecule has 2 rings (SSSR count). The lowest BCUT2D eigenvalue weighted by atomic mass is 10.1. The van der Waals surface area contributed by atoms with Crippen LogP contribution < -0.4 is 10.5 Å². The number of aryl methyl sites for hydroxylation is 1. The van der Waals surface area contributed by atoms with Crippen molar-refractivity contribution in [3.63, 3.8) is 0 Å². The number of hydrogen-bond acceptors (Lipinski definition) is 4. The third-order valence-electron chi connectivity index (χ3n) is 2.45. The van der Waals surface area contributed by atoms with E-state index in [2.05, 4.69) is 16.9 Å². The predicted molar refractivity (Wildman–Crippen MR) is 76.2 cm³/mol. The first-order valence-electron chi connectivity index (χ1n) is 5.72. The van der Waals surface area contributed by atoms with Gasteiger partial charge in [-0.3, -0.25) is 0 Å². The summed E-state index contributed by atoms with van der Waals surface area (Å²) in [6.45, 7) is 6.08. The molecule has 2 aromatic rings. The lowest BCUT2D eigenvalue weighted by Gasteiger charge is -2.08. The summed E-state index contributed by atoms with van der Waals surface area (Å²) in [4.78, 5) is 4.44. The van der Waals surface area contributed by atoms with Gasteiger partial charge in [0, 0.05) is 17.5 Å². The normalized spacial score (nSPS) is 10.3. The van der Waals surface area contributed by atoms with Crippen molar-refractivity contribution < 1.29 is 4.74 Å². The van der Waals surface area contributed by atoms with Gasteiger partial charge in [0.1, 0.15) is 12.4 Å². The van der Waals surface area contributed by atoms with Gasteiger partial charge in [-0.1, -0.05) is 18.7 Å². The van der Waals surface area contributed by atoms with E-state index in [0.29, 0.717) is 18.0 Å². The Bertz CT molecular complexity index is 548. The molecule has 0 aliphatic heterocycles. The van der Waals surface area contributed by atoms with Crippen molar-refractivity contribution in [2.75, 3.05) is 12.3 Å². The first kappa shape index (κ1) is 12.6. The number of rotatable bonds is 5. The van der Waals surface area contributed by atoms with Crippen molar-refractivity contribution >= 4 is 17.0 Å². The molecule has 0 aliphatic carbocycles. The number of nitrogens with zero attached hydrogens (tertiary/aromatic N) is 1. The van der Waals surface area contributed by atoms with Gasteiger partial charge in [0.15, 0.2) is 0 Å². The standard InChI is InChI=1S/C14H16N2OS/c1-3-6-17-13-5-4-11(7-12(13)15)8-14-16-10(2)9-18-14/h3-5,7,9H,1,6,8,15H2,2H3. The Morgan fingerprint density at radius 3 is 2.94 bits per heavy atom. The second-order valence-corrected chi connectivity index (χ2v) is 4.97. The van der Waals surface area contributed by atoms with Crippen LogP contribution in [0.25, 0.3) is 0 Å². The minimum Gasteiger partial charge on any atom is -0.487 e. The summed E-state index contributed by atoms with van der Waals surface area (Å²) in [5.74, 6) is 0.703. The number of benzene rings is 1. The Morgan fingerprint density at radius 1 is 1.50 bits per heavy atom. The lowest BCUT2D eigenvalue weighted by Crippen LogP contribution is -1.99. The Balaban J connectivity index is 2.10. The molecule has 1 heterocycles. The Labute approximate surface area is 111 Å². The van der Waals surface area contributed by atoms with Gasteiger partial charge in [-0.2, -0.15) is 0 Å². The zero-order valence-corrected chi connectivity index (χ0v) is 11.2. The molecule has 0 saturated heterocycles. The average Bonchev–Trinajstić information content (AvgIpc) is 2.74. The summed E-state index contributed by atoms with van der Waals surface area (Å²) in [6.07, 6.45) is 2.51. The van der Waals surface area contributed by atoms with Crippen LogP contribution in [0.3, 0.4) is 0 Å². The highest BCUT2D eigenvalue weighted by molar-refractivity contribution is 7.09. The molecule has 94 valence electrons.